The fourth-order valence-corrected chi connectivity index (χ4v) is 3.22. The van der Waals surface area contributed by atoms with Crippen LogP contribution in [0.15, 0.2) is 59.1 Å². The van der Waals surface area contributed by atoms with Gasteiger partial charge in [0.25, 0.3) is 5.91 Å². The van der Waals surface area contributed by atoms with Crippen LogP contribution >= 0.6 is 15.9 Å². The highest BCUT2D eigenvalue weighted by atomic mass is 79.9. The average molecular weight is 414 g/mol. The van der Waals surface area contributed by atoms with Gasteiger partial charge in [-0.2, -0.15) is 0 Å². The van der Waals surface area contributed by atoms with Crippen molar-refractivity contribution in [1.29, 1.82) is 0 Å². The molecule has 0 radical (unpaired) electrons. The van der Waals surface area contributed by atoms with Crippen LogP contribution in [-0.2, 0) is 0 Å². The quantitative estimate of drug-likeness (QED) is 0.681. The second-order valence-corrected chi connectivity index (χ2v) is 6.97. The summed E-state index contributed by atoms with van der Waals surface area (Å²) in [5.74, 6) is 0.917. The molecule has 1 atom stereocenters. The number of aliphatic hydroxyl groups excluding tert-OH is 1. The number of carbonyl (C=O) groups excluding carboxylic acids is 1. The lowest BCUT2D eigenvalue weighted by molar-refractivity contribution is 0.0457. The van der Waals surface area contributed by atoms with Crippen molar-refractivity contribution in [3.05, 3.63) is 64.6 Å². The Labute approximate surface area is 158 Å². The van der Waals surface area contributed by atoms with Gasteiger partial charge in [-0.15, -0.1) is 0 Å². The van der Waals surface area contributed by atoms with Crippen LogP contribution in [0, 0.1) is 0 Å². The van der Waals surface area contributed by atoms with Crippen LogP contribution in [0.3, 0.4) is 0 Å². The Morgan fingerprint density at radius 1 is 1.08 bits per heavy atom. The van der Waals surface area contributed by atoms with Gasteiger partial charge < -0.3 is 19.9 Å². The van der Waals surface area contributed by atoms with Gasteiger partial charge >= 0.3 is 0 Å². The second kappa shape index (κ2) is 6.97. The Kier molecular flexibility index (Phi) is 4.53. The Bertz CT molecular complexity index is 989. The molecule has 26 heavy (non-hydrogen) atoms. The van der Waals surface area contributed by atoms with E-state index in [1.807, 2.05) is 30.3 Å². The van der Waals surface area contributed by atoms with Gasteiger partial charge in [0.05, 0.1) is 6.61 Å². The molecule has 5 nitrogen and oxygen atoms in total. The summed E-state index contributed by atoms with van der Waals surface area (Å²) in [6.07, 6.45) is -0.361. The number of benzene rings is 3. The molecule has 3 aromatic carbocycles. The Morgan fingerprint density at radius 3 is 2.73 bits per heavy atom. The highest BCUT2D eigenvalue weighted by Gasteiger charge is 2.20. The van der Waals surface area contributed by atoms with Gasteiger partial charge in [0.2, 0.25) is 0 Å². The van der Waals surface area contributed by atoms with Crippen molar-refractivity contribution in [2.45, 2.75) is 6.10 Å². The van der Waals surface area contributed by atoms with Crippen molar-refractivity contribution in [2.24, 2.45) is 0 Å². The van der Waals surface area contributed by atoms with Crippen molar-refractivity contribution in [1.82, 2.24) is 0 Å². The van der Waals surface area contributed by atoms with Gasteiger partial charge in [0.1, 0.15) is 6.61 Å². The van der Waals surface area contributed by atoms with Crippen LogP contribution in [0.25, 0.3) is 10.8 Å². The number of hydrogen-bond acceptors (Lipinski definition) is 4. The highest BCUT2D eigenvalue weighted by molar-refractivity contribution is 9.10. The molecule has 1 aliphatic heterocycles. The van der Waals surface area contributed by atoms with Crippen molar-refractivity contribution in [3.63, 3.8) is 0 Å². The molecule has 4 rings (SSSR count). The molecule has 6 heteroatoms. The molecule has 0 aromatic heterocycles. The van der Waals surface area contributed by atoms with Gasteiger partial charge in [0.15, 0.2) is 17.6 Å². The predicted octanol–water partition coefficient (Wildman–Crippen LogP) is 3.99. The Hall–Kier alpha value is -2.57. The van der Waals surface area contributed by atoms with Gasteiger partial charge in [-0.05, 0) is 47.2 Å². The zero-order valence-corrected chi connectivity index (χ0v) is 15.3. The lowest BCUT2D eigenvalue weighted by Crippen LogP contribution is -2.32. The van der Waals surface area contributed by atoms with E-state index < -0.39 is 0 Å². The number of amides is 1. The van der Waals surface area contributed by atoms with Gasteiger partial charge in [-0.1, -0.05) is 28.1 Å². The van der Waals surface area contributed by atoms with Crippen LogP contribution < -0.4 is 14.8 Å². The molecule has 0 spiro atoms. The maximum absolute atomic E-state index is 12.6. The summed E-state index contributed by atoms with van der Waals surface area (Å²) in [5, 5.41) is 14.1. The van der Waals surface area contributed by atoms with E-state index in [1.54, 1.807) is 24.3 Å². The van der Waals surface area contributed by atoms with E-state index in [9.17, 15) is 4.79 Å². The van der Waals surface area contributed by atoms with E-state index in [1.165, 1.54) is 0 Å². The number of aliphatic hydroxyl groups is 1. The molecular formula is C20H16BrNO4. The number of hydrogen-bond donors (Lipinski definition) is 2. The average Bonchev–Trinajstić information content (AvgIpc) is 2.67. The summed E-state index contributed by atoms with van der Waals surface area (Å²) in [6.45, 7) is 0.178. The summed E-state index contributed by atoms with van der Waals surface area (Å²) in [7, 11) is 0. The van der Waals surface area contributed by atoms with Crippen LogP contribution in [0.4, 0.5) is 5.69 Å². The van der Waals surface area contributed by atoms with E-state index in [4.69, 9.17) is 14.6 Å². The fourth-order valence-electron chi connectivity index (χ4n) is 2.84. The maximum atomic E-state index is 12.6. The Morgan fingerprint density at radius 2 is 1.88 bits per heavy atom. The summed E-state index contributed by atoms with van der Waals surface area (Å²) >= 11 is 3.45. The number of nitrogens with one attached hydrogen (secondary N) is 1. The highest BCUT2D eigenvalue weighted by Crippen LogP contribution is 2.34. The predicted molar refractivity (Wildman–Crippen MR) is 103 cm³/mol. The number of halogens is 1. The smallest absolute Gasteiger partial charge is 0.255 e. The number of fused-ring (bicyclic) bond motifs is 2. The second-order valence-electron chi connectivity index (χ2n) is 6.06. The first-order valence-corrected chi connectivity index (χ1v) is 8.97. The third-order valence-corrected chi connectivity index (χ3v) is 4.68. The summed E-state index contributed by atoms with van der Waals surface area (Å²) in [4.78, 5) is 12.6. The molecule has 0 saturated heterocycles. The first kappa shape index (κ1) is 16.9. The zero-order chi connectivity index (χ0) is 18.1. The largest absolute Gasteiger partial charge is 0.486 e. The van der Waals surface area contributed by atoms with E-state index in [-0.39, 0.29) is 25.2 Å². The molecule has 1 heterocycles. The van der Waals surface area contributed by atoms with Gasteiger partial charge in [0, 0.05) is 21.8 Å². The molecule has 3 aromatic rings. The standard InChI is InChI=1S/C20H16BrNO4/c21-15-4-3-12-7-14(2-1-13(12)8-15)20(24)22-16-5-6-18-19(9-16)25-11-17(10-23)26-18/h1-9,17,23H,10-11H2,(H,22,24)/t17-/m1/s1. The Balaban J connectivity index is 1.54. The van der Waals surface area contributed by atoms with Gasteiger partial charge in [-0.3, -0.25) is 4.79 Å². The lowest BCUT2D eigenvalue weighted by Gasteiger charge is -2.25. The minimum Gasteiger partial charge on any atom is -0.486 e. The van der Waals surface area contributed by atoms with Crippen LogP contribution in [0.5, 0.6) is 11.5 Å². The number of ether oxygens (including phenoxy) is 2. The zero-order valence-electron chi connectivity index (χ0n) is 13.7. The molecule has 0 aliphatic carbocycles. The third kappa shape index (κ3) is 3.38. The van der Waals surface area contributed by atoms with Crippen molar-refractivity contribution in [3.8, 4) is 11.5 Å². The first-order valence-electron chi connectivity index (χ1n) is 8.17. The molecule has 0 fully saturated rings. The fraction of sp³-hybridized carbons (Fsp3) is 0.150. The summed E-state index contributed by atoms with van der Waals surface area (Å²) < 4.78 is 12.2. The summed E-state index contributed by atoms with van der Waals surface area (Å²) in [6, 6.07) is 16.7. The van der Waals surface area contributed by atoms with E-state index >= 15 is 0 Å². The normalized spacial score (nSPS) is 15.7. The van der Waals surface area contributed by atoms with Crippen LogP contribution in [0.1, 0.15) is 10.4 Å². The molecule has 132 valence electrons. The third-order valence-electron chi connectivity index (χ3n) is 4.19. The molecule has 0 bridgehead atoms. The van der Waals surface area contributed by atoms with Crippen molar-refractivity contribution >= 4 is 38.3 Å². The molecule has 0 unspecified atom stereocenters. The van der Waals surface area contributed by atoms with E-state index in [2.05, 4.69) is 21.2 Å². The van der Waals surface area contributed by atoms with Crippen LogP contribution in [-0.4, -0.2) is 30.3 Å². The molecule has 1 aliphatic rings. The van der Waals surface area contributed by atoms with E-state index in [0.29, 0.717) is 22.7 Å². The van der Waals surface area contributed by atoms with E-state index in [0.717, 1.165) is 15.2 Å². The van der Waals surface area contributed by atoms with Crippen LogP contribution in [0.2, 0.25) is 0 Å². The first-order chi connectivity index (χ1) is 12.6. The minimum atomic E-state index is -0.361. The molecular weight excluding hydrogens is 398 g/mol. The number of carbonyl (C=O) groups is 1. The van der Waals surface area contributed by atoms with Gasteiger partial charge in [-0.25, -0.2) is 0 Å². The molecule has 1 amide bonds. The monoisotopic (exact) mass is 413 g/mol. The maximum Gasteiger partial charge on any atom is 0.255 e. The lowest BCUT2D eigenvalue weighted by atomic mass is 10.1. The molecule has 2 N–H and O–H groups in total. The van der Waals surface area contributed by atoms with Crippen molar-refractivity contribution < 1.29 is 19.4 Å². The number of rotatable bonds is 3. The minimum absolute atomic E-state index is 0.101. The molecule has 0 saturated carbocycles. The summed E-state index contributed by atoms with van der Waals surface area (Å²) in [5.41, 5.74) is 1.20. The number of anilines is 1. The SMILES string of the molecule is O=C(Nc1ccc2c(c1)OC[C@@H](CO)O2)c1ccc2cc(Br)ccc2c1. The van der Waals surface area contributed by atoms with Crippen molar-refractivity contribution in [2.75, 3.05) is 18.5 Å². The topological polar surface area (TPSA) is 67.8 Å².